The van der Waals surface area contributed by atoms with E-state index in [9.17, 15) is 24.0 Å². The lowest BCUT2D eigenvalue weighted by atomic mass is 10.1. The van der Waals surface area contributed by atoms with Gasteiger partial charge >= 0.3 is 5.97 Å². The molecule has 0 saturated heterocycles. The Kier molecular flexibility index (Phi) is 6.06. The molecule has 0 bridgehead atoms. The van der Waals surface area contributed by atoms with Gasteiger partial charge in [-0.2, -0.15) is 0 Å². The topological polar surface area (TPSA) is 110 Å². The molecule has 2 aromatic carbocycles. The van der Waals surface area contributed by atoms with E-state index >= 15 is 0 Å². The first-order valence-corrected chi connectivity index (χ1v) is 9.40. The third-order valence-corrected chi connectivity index (χ3v) is 4.71. The second-order valence-electron chi connectivity index (χ2n) is 6.71. The van der Waals surface area contributed by atoms with Crippen molar-refractivity contribution >= 4 is 35.2 Å². The number of carbonyl (C=O) groups is 5. The van der Waals surface area contributed by atoms with E-state index in [1.807, 2.05) is 0 Å². The molecule has 1 heterocycles. The number of Topliss-reactive ketones (excluding diaryl/α,β-unsaturated/α-hetero) is 1. The fourth-order valence-corrected chi connectivity index (χ4v) is 2.99. The number of ether oxygens (including phenoxy) is 1. The number of carbonyl (C=O) groups excluding carboxylic acids is 5. The molecule has 8 heteroatoms. The highest BCUT2D eigenvalue weighted by atomic mass is 16.5. The summed E-state index contributed by atoms with van der Waals surface area (Å²) in [6.07, 6.45) is 0.335. The van der Waals surface area contributed by atoms with Gasteiger partial charge in [-0.3, -0.25) is 24.1 Å². The molecule has 1 aliphatic heterocycles. The van der Waals surface area contributed by atoms with Crippen molar-refractivity contribution in [1.82, 2.24) is 4.90 Å². The Morgan fingerprint density at radius 3 is 2.07 bits per heavy atom. The van der Waals surface area contributed by atoms with Gasteiger partial charge in [0.15, 0.2) is 12.4 Å². The quantitative estimate of drug-likeness (QED) is 0.428. The number of rotatable bonds is 7. The van der Waals surface area contributed by atoms with Gasteiger partial charge in [-0.15, -0.1) is 0 Å². The summed E-state index contributed by atoms with van der Waals surface area (Å²) in [5, 5.41) is 2.67. The Balaban J connectivity index is 1.59. The van der Waals surface area contributed by atoms with E-state index in [2.05, 4.69) is 5.32 Å². The summed E-state index contributed by atoms with van der Waals surface area (Å²) in [5.41, 5.74) is 1.31. The summed E-state index contributed by atoms with van der Waals surface area (Å²) >= 11 is 0. The molecule has 1 atom stereocenters. The van der Waals surface area contributed by atoms with Crippen LogP contribution in [0.3, 0.4) is 0 Å². The van der Waals surface area contributed by atoms with Crippen LogP contribution >= 0.6 is 0 Å². The summed E-state index contributed by atoms with van der Waals surface area (Å²) in [5.74, 6) is -2.60. The van der Waals surface area contributed by atoms with E-state index in [-0.39, 0.29) is 17.0 Å². The molecule has 1 aliphatic rings. The predicted molar refractivity (Wildman–Crippen MR) is 107 cm³/mol. The van der Waals surface area contributed by atoms with Crippen LogP contribution in [0.4, 0.5) is 5.69 Å². The Hall–Kier alpha value is -3.81. The van der Waals surface area contributed by atoms with Crippen molar-refractivity contribution in [1.29, 1.82) is 0 Å². The number of nitrogens with one attached hydrogen (secondary N) is 1. The number of hydrogen-bond donors (Lipinski definition) is 1. The summed E-state index contributed by atoms with van der Waals surface area (Å²) in [6, 6.07) is 11.3. The van der Waals surface area contributed by atoms with Crippen molar-refractivity contribution in [2.45, 2.75) is 26.3 Å². The molecule has 2 aromatic rings. The van der Waals surface area contributed by atoms with E-state index in [4.69, 9.17) is 4.74 Å². The Morgan fingerprint density at radius 2 is 1.53 bits per heavy atom. The van der Waals surface area contributed by atoms with Gasteiger partial charge in [0.05, 0.1) is 11.1 Å². The highest BCUT2D eigenvalue weighted by Gasteiger charge is 2.41. The zero-order chi connectivity index (χ0) is 21.8. The standard InChI is InChI=1S/C22H20N2O6/c1-3-19(26)23-15-10-8-14(9-11-15)18(25)12-30-22(29)13(2)24-20(27)16-6-4-5-7-17(16)21(24)28/h4-11,13H,3,12H2,1-2H3,(H,23,26). The average Bonchev–Trinajstić information content (AvgIpc) is 3.02. The lowest BCUT2D eigenvalue weighted by Gasteiger charge is -2.20. The minimum Gasteiger partial charge on any atom is -0.456 e. The van der Waals surface area contributed by atoms with Crippen molar-refractivity contribution in [3.8, 4) is 0 Å². The van der Waals surface area contributed by atoms with Crippen molar-refractivity contribution in [2.24, 2.45) is 0 Å². The van der Waals surface area contributed by atoms with Gasteiger partial charge in [-0.05, 0) is 43.3 Å². The van der Waals surface area contributed by atoms with Crippen LogP contribution in [-0.4, -0.2) is 47.0 Å². The second-order valence-corrected chi connectivity index (χ2v) is 6.71. The fourth-order valence-electron chi connectivity index (χ4n) is 2.99. The van der Waals surface area contributed by atoms with Crippen molar-refractivity contribution in [2.75, 3.05) is 11.9 Å². The normalized spacial score (nSPS) is 13.6. The van der Waals surface area contributed by atoms with Crippen LogP contribution in [0.1, 0.15) is 51.3 Å². The molecule has 0 saturated carbocycles. The molecule has 0 spiro atoms. The molecule has 154 valence electrons. The molecule has 3 rings (SSSR count). The van der Waals surface area contributed by atoms with E-state index in [0.717, 1.165) is 4.90 Å². The zero-order valence-corrected chi connectivity index (χ0v) is 16.5. The van der Waals surface area contributed by atoms with Crippen LogP contribution in [0.5, 0.6) is 0 Å². The maximum Gasteiger partial charge on any atom is 0.329 e. The number of amides is 3. The van der Waals surface area contributed by atoms with Gasteiger partial charge in [0.1, 0.15) is 6.04 Å². The van der Waals surface area contributed by atoms with Gasteiger partial charge in [0.25, 0.3) is 11.8 Å². The van der Waals surface area contributed by atoms with Crippen LogP contribution in [-0.2, 0) is 14.3 Å². The molecule has 8 nitrogen and oxygen atoms in total. The van der Waals surface area contributed by atoms with Gasteiger partial charge < -0.3 is 10.1 Å². The molecule has 1 unspecified atom stereocenters. The van der Waals surface area contributed by atoms with Crippen molar-refractivity contribution < 1.29 is 28.7 Å². The molecule has 0 aromatic heterocycles. The number of nitrogens with zero attached hydrogens (tertiary/aromatic N) is 1. The highest BCUT2D eigenvalue weighted by molar-refractivity contribution is 6.22. The maximum atomic E-state index is 12.4. The first-order valence-electron chi connectivity index (χ1n) is 9.40. The van der Waals surface area contributed by atoms with Crippen molar-refractivity contribution in [3.63, 3.8) is 0 Å². The van der Waals surface area contributed by atoms with Gasteiger partial charge in [0.2, 0.25) is 5.91 Å². The third kappa shape index (κ3) is 4.12. The smallest absolute Gasteiger partial charge is 0.329 e. The van der Waals surface area contributed by atoms with Crippen molar-refractivity contribution in [3.05, 3.63) is 65.2 Å². The lowest BCUT2D eigenvalue weighted by molar-refractivity contribution is -0.146. The van der Waals surface area contributed by atoms with E-state index in [1.165, 1.54) is 31.2 Å². The number of esters is 1. The Bertz CT molecular complexity index is 993. The van der Waals surface area contributed by atoms with E-state index in [0.29, 0.717) is 17.7 Å². The lowest BCUT2D eigenvalue weighted by Crippen LogP contribution is -2.44. The molecule has 1 N–H and O–H groups in total. The second kappa shape index (κ2) is 8.69. The minimum absolute atomic E-state index is 0.148. The first kappa shape index (κ1) is 20.9. The van der Waals surface area contributed by atoms with Crippen LogP contribution in [0.2, 0.25) is 0 Å². The minimum atomic E-state index is -1.17. The number of fused-ring (bicyclic) bond motifs is 1. The van der Waals surface area contributed by atoms with Gasteiger partial charge in [-0.1, -0.05) is 19.1 Å². The predicted octanol–water partition coefficient (Wildman–Crippen LogP) is 2.45. The molecule has 3 amide bonds. The van der Waals surface area contributed by atoms with Gasteiger partial charge in [-0.25, -0.2) is 4.79 Å². The fraction of sp³-hybridized carbons (Fsp3) is 0.227. The number of anilines is 1. The van der Waals surface area contributed by atoms with Crippen LogP contribution in [0.15, 0.2) is 48.5 Å². The monoisotopic (exact) mass is 408 g/mol. The Morgan fingerprint density at radius 1 is 0.967 bits per heavy atom. The summed E-state index contributed by atoms with van der Waals surface area (Å²) in [7, 11) is 0. The zero-order valence-electron chi connectivity index (χ0n) is 16.5. The molecular weight excluding hydrogens is 388 g/mol. The third-order valence-electron chi connectivity index (χ3n) is 4.71. The molecule has 0 radical (unpaired) electrons. The molecule has 0 aliphatic carbocycles. The highest BCUT2D eigenvalue weighted by Crippen LogP contribution is 2.24. The number of ketones is 1. The first-order chi connectivity index (χ1) is 14.3. The van der Waals surface area contributed by atoms with E-state index in [1.54, 1.807) is 31.2 Å². The number of benzene rings is 2. The summed E-state index contributed by atoms with van der Waals surface area (Å²) < 4.78 is 5.04. The SMILES string of the molecule is CCC(=O)Nc1ccc(C(=O)COC(=O)C(C)N2C(=O)c3ccccc3C2=O)cc1. The largest absolute Gasteiger partial charge is 0.456 e. The van der Waals surface area contributed by atoms with Crippen LogP contribution in [0.25, 0.3) is 0 Å². The van der Waals surface area contributed by atoms with Crippen LogP contribution in [0, 0.1) is 0 Å². The van der Waals surface area contributed by atoms with E-state index < -0.39 is 36.2 Å². The molecule has 0 fully saturated rings. The summed E-state index contributed by atoms with van der Waals surface area (Å²) in [4.78, 5) is 61.7. The van der Waals surface area contributed by atoms with Crippen LogP contribution < -0.4 is 5.32 Å². The summed E-state index contributed by atoms with van der Waals surface area (Å²) in [6.45, 7) is 2.57. The number of hydrogen-bond acceptors (Lipinski definition) is 6. The molecule has 30 heavy (non-hydrogen) atoms. The Labute approximate surface area is 172 Å². The number of imide groups is 1. The van der Waals surface area contributed by atoms with Gasteiger partial charge in [0, 0.05) is 17.7 Å². The average molecular weight is 408 g/mol. The molecular formula is C22H20N2O6. The maximum absolute atomic E-state index is 12.4.